The lowest BCUT2D eigenvalue weighted by molar-refractivity contribution is 0.476. The molecule has 0 aliphatic heterocycles. The minimum absolute atomic E-state index is 0.294. The molecule has 2 nitrogen and oxygen atoms in total. The first kappa shape index (κ1) is 13.5. The second-order valence-electron chi connectivity index (χ2n) is 4.82. The van der Waals surface area contributed by atoms with Gasteiger partial charge in [0.15, 0.2) is 0 Å². The van der Waals surface area contributed by atoms with Gasteiger partial charge in [-0.25, -0.2) is 0 Å². The number of aromatic amines is 1. The molecule has 1 heterocycles. The summed E-state index contributed by atoms with van der Waals surface area (Å²) in [6.45, 7) is 6.33. The van der Waals surface area contributed by atoms with Crippen LogP contribution in [0.5, 0.6) is 5.75 Å². The summed E-state index contributed by atoms with van der Waals surface area (Å²) in [6, 6.07) is 5.48. The van der Waals surface area contributed by atoms with Crippen molar-refractivity contribution in [3.8, 4) is 5.75 Å². The number of nitrogens with one attached hydrogen (secondary N) is 1. The molecular weight excluding hydrogens is 234 g/mol. The fourth-order valence-electron chi connectivity index (χ4n) is 2.32. The third-order valence-electron chi connectivity index (χ3n) is 3.29. The van der Waals surface area contributed by atoms with Crippen LogP contribution in [0.3, 0.4) is 0 Å². The predicted octanol–water partition coefficient (Wildman–Crippen LogP) is 5.11. The van der Waals surface area contributed by atoms with Crippen LogP contribution >= 0.6 is 0 Å². The second-order valence-corrected chi connectivity index (χ2v) is 4.82. The Balaban J connectivity index is 2.62. The van der Waals surface area contributed by atoms with Gasteiger partial charge in [-0.2, -0.15) is 0 Å². The lowest BCUT2D eigenvalue weighted by Crippen LogP contribution is -1.83. The number of hydrogen-bond acceptors (Lipinski definition) is 1. The number of allylic oxidation sites excluding steroid dienone is 3. The van der Waals surface area contributed by atoms with Crippen molar-refractivity contribution in [3.05, 3.63) is 41.6 Å². The van der Waals surface area contributed by atoms with Crippen LogP contribution in [0.15, 0.2) is 30.4 Å². The van der Waals surface area contributed by atoms with Gasteiger partial charge in [0.25, 0.3) is 0 Å². The number of phenolic OH excluding ortho intramolecular Hbond substituents is 1. The molecule has 0 bridgehead atoms. The Morgan fingerprint density at radius 3 is 2.84 bits per heavy atom. The van der Waals surface area contributed by atoms with E-state index in [1.165, 1.54) is 11.1 Å². The minimum Gasteiger partial charge on any atom is -0.508 e. The van der Waals surface area contributed by atoms with Crippen LogP contribution in [0, 0.1) is 0 Å². The molecule has 2 heteroatoms. The molecule has 0 saturated carbocycles. The van der Waals surface area contributed by atoms with Crippen LogP contribution in [0.1, 0.15) is 44.9 Å². The van der Waals surface area contributed by atoms with E-state index in [1.807, 2.05) is 19.1 Å². The highest BCUT2D eigenvalue weighted by Crippen LogP contribution is 2.30. The van der Waals surface area contributed by atoms with Crippen LogP contribution in [0.4, 0.5) is 0 Å². The SMILES string of the molecule is C/C=C\c1c(/C(C)=C\CCC)[nH]c2cc(O)ccc12. The van der Waals surface area contributed by atoms with E-state index in [-0.39, 0.29) is 0 Å². The van der Waals surface area contributed by atoms with E-state index in [1.54, 1.807) is 12.1 Å². The fourth-order valence-corrected chi connectivity index (χ4v) is 2.32. The quantitative estimate of drug-likeness (QED) is 0.782. The van der Waals surface area contributed by atoms with E-state index in [9.17, 15) is 5.11 Å². The highest BCUT2D eigenvalue weighted by Gasteiger charge is 2.10. The predicted molar refractivity (Wildman–Crippen MR) is 83.2 cm³/mol. The third kappa shape index (κ3) is 2.73. The normalized spacial score (nSPS) is 12.7. The summed E-state index contributed by atoms with van der Waals surface area (Å²) in [7, 11) is 0. The van der Waals surface area contributed by atoms with Crippen LogP contribution in [-0.2, 0) is 0 Å². The number of benzene rings is 1. The summed E-state index contributed by atoms with van der Waals surface area (Å²) < 4.78 is 0. The molecule has 0 atom stereocenters. The molecule has 19 heavy (non-hydrogen) atoms. The first-order valence-electron chi connectivity index (χ1n) is 6.82. The molecule has 2 aromatic rings. The molecule has 0 aliphatic rings. The summed E-state index contributed by atoms with van der Waals surface area (Å²) in [6.07, 6.45) is 8.66. The summed E-state index contributed by atoms with van der Waals surface area (Å²) in [5.41, 5.74) is 4.58. The largest absolute Gasteiger partial charge is 0.508 e. The molecule has 1 aromatic heterocycles. The zero-order valence-electron chi connectivity index (χ0n) is 11.8. The van der Waals surface area contributed by atoms with E-state index in [4.69, 9.17) is 0 Å². The van der Waals surface area contributed by atoms with Crippen LogP contribution in [-0.4, -0.2) is 10.1 Å². The fraction of sp³-hybridized carbons (Fsp3) is 0.294. The highest BCUT2D eigenvalue weighted by atomic mass is 16.3. The van der Waals surface area contributed by atoms with E-state index < -0.39 is 0 Å². The van der Waals surface area contributed by atoms with Crippen molar-refractivity contribution < 1.29 is 5.11 Å². The minimum atomic E-state index is 0.294. The smallest absolute Gasteiger partial charge is 0.117 e. The molecule has 0 unspecified atom stereocenters. The van der Waals surface area contributed by atoms with Gasteiger partial charge in [-0.15, -0.1) is 0 Å². The van der Waals surface area contributed by atoms with Crippen molar-refractivity contribution in [2.45, 2.75) is 33.6 Å². The number of hydrogen-bond donors (Lipinski definition) is 2. The average Bonchev–Trinajstić information content (AvgIpc) is 2.74. The lowest BCUT2D eigenvalue weighted by Gasteiger charge is -2.01. The first-order chi connectivity index (χ1) is 9.17. The topological polar surface area (TPSA) is 36.0 Å². The number of phenols is 1. The maximum Gasteiger partial charge on any atom is 0.117 e. The number of rotatable bonds is 4. The average molecular weight is 255 g/mol. The molecule has 100 valence electrons. The number of unbranched alkanes of at least 4 members (excludes halogenated alkanes) is 1. The van der Waals surface area contributed by atoms with E-state index >= 15 is 0 Å². The Bertz CT molecular complexity index is 632. The Kier molecular flexibility index (Phi) is 4.10. The summed E-state index contributed by atoms with van der Waals surface area (Å²) in [5, 5.41) is 10.7. The third-order valence-corrected chi connectivity index (χ3v) is 3.29. The van der Waals surface area contributed by atoms with Gasteiger partial charge in [-0.05, 0) is 38.0 Å². The van der Waals surface area contributed by atoms with Crippen LogP contribution < -0.4 is 0 Å². The Hall–Kier alpha value is -1.96. The molecule has 0 radical (unpaired) electrons. The highest BCUT2D eigenvalue weighted by molar-refractivity contribution is 5.95. The number of aromatic nitrogens is 1. The maximum atomic E-state index is 9.59. The molecule has 0 aliphatic carbocycles. The van der Waals surface area contributed by atoms with E-state index in [2.05, 4.69) is 31.0 Å². The monoisotopic (exact) mass is 255 g/mol. The summed E-state index contributed by atoms with van der Waals surface area (Å²) >= 11 is 0. The Morgan fingerprint density at radius 1 is 1.37 bits per heavy atom. The standard InChI is InChI=1S/C17H21NO/c1-4-6-8-12(3)17-15(7-5-2)14-10-9-13(19)11-16(14)18-17/h5,7-11,18-19H,4,6H2,1-3H3/b7-5-,12-8-. The van der Waals surface area contributed by atoms with E-state index in [0.29, 0.717) is 5.75 Å². The number of H-pyrrole nitrogens is 1. The van der Waals surface area contributed by atoms with E-state index in [0.717, 1.165) is 29.4 Å². The Morgan fingerprint density at radius 2 is 2.16 bits per heavy atom. The Labute approximate surface area is 114 Å². The van der Waals surface area contributed by atoms with Crippen LogP contribution in [0.2, 0.25) is 0 Å². The van der Waals surface area contributed by atoms with Gasteiger partial charge in [0.05, 0.1) is 5.52 Å². The molecular formula is C17H21NO. The van der Waals surface area contributed by atoms with Crippen molar-refractivity contribution in [1.29, 1.82) is 0 Å². The van der Waals surface area contributed by atoms with Crippen molar-refractivity contribution in [2.24, 2.45) is 0 Å². The van der Waals surface area contributed by atoms with Gasteiger partial charge >= 0.3 is 0 Å². The van der Waals surface area contributed by atoms with Crippen molar-refractivity contribution in [3.63, 3.8) is 0 Å². The molecule has 0 fully saturated rings. The zero-order chi connectivity index (χ0) is 13.8. The lowest BCUT2D eigenvalue weighted by atomic mass is 10.0. The molecule has 2 rings (SSSR count). The summed E-state index contributed by atoms with van der Waals surface area (Å²) in [4.78, 5) is 3.42. The van der Waals surface area contributed by atoms with Gasteiger partial charge in [-0.1, -0.05) is 31.6 Å². The molecule has 0 spiro atoms. The second kappa shape index (κ2) is 5.79. The first-order valence-corrected chi connectivity index (χ1v) is 6.82. The van der Waals surface area contributed by atoms with Gasteiger partial charge in [0.1, 0.15) is 5.75 Å². The number of fused-ring (bicyclic) bond motifs is 1. The molecule has 1 aromatic carbocycles. The maximum absolute atomic E-state index is 9.59. The van der Waals surface area contributed by atoms with Crippen molar-refractivity contribution >= 4 is 22.6 Å². The van der Waals surface area contributed by atoms with Gasteiger partial charge in [0.2, 0.25) is 0 Å². The zero-order valence-corrected chi connectivity index (χ0v) is 11.8. The molecule has 2 N–H and O–H groups in total. The van der Waals surface area contributed by atoms with Crippen molar-refractivity contribution in [1.82, 2.24) is 4.98 Å². The van der Waals surface area contributed by atoms with Crippen LogP contribution in [0.25, 0.3) is 22.6 Å². The summed E-state index contributed by atoms with van der Waals surface area (Å²) in [5.74, 6) is 0.294. The molecule has 0 saturated heterocycles. The molecule has 0 amide bonds. The number of aromatic hydroxyl groups is 1. The van der Waals surface area contributed by atoms with Gasteiger partial charge in [0, 0.05) is 22.7 Å². The van der Waals surface area contributed by atoms with Crippen molar-refractivity contribution in [2.75, 3.05) is 0 Å². The van der Waals surface area contributed by atoms with Gasteiger partial charge in [-0.3, -0.25) is 0 Å². The van der Waals surface area contributed by atoms with Gasteiger partial charge < -0.3 is 10.1 Å².